The van der Waals surface area contributed by atoms with Gasteiger partial charge in [-0.2, -0.15) is 0 Å². The van der Waals surface area contributed by atoms with Crippen molar-refractivity contribution in [1.29, 1.82) is 0 Å². The predicted octanol–water partition coefficient (Wildman–Crippen LogP) is 3.50. The first kappa shape index (κ1) is 15.5. The topological polar surface area (TPSA) is 24.5 Å². The second-order valence-electron chi connectivity index (χ2n) is 5.23. The summed E-state index contributed by atoms with van der Waals surface area (Å²) in [6.45, 7) is 4.61. The van der Waals surface area contributed by atoms with E-state index < -0.39 is 0 Å². The van der Waals surface area contributed by atoms with Crippen LogP contribution in [0, 0.1) is 6.92 Å². The zero-order chi connectivity index (χ0) is 15.1. The highest BCUT2D eigenvalue weighted by atomic mass is 16.5. The van der Waals surface area contributed by atoms with Crippen LogP contribution < -0.4 is 10.2 Å². The molecule has 2 rings (SSSR count). The Balaban J connectivity index is 1.98. The van der Waals surface area contributed by atoms with E-state index in [0.29, 0.717) is 0 Å². The number of hydrogen-bond donors (Lipinski definition) is 1. The van der Waals surface area contributed by atoms with Crippen molar-refractivity contribution >= 4 is 11.4 Å². The van der Waals surface area contributed by atoms with Crippen molar-refractivity contribution in [2.24, 2.45) is 0 Å². The van der Waals surface area contributed by atoms with Crippen LogP contribution in [-0.4, -0.2) is 27.3 Å². The van der Waals surface area contributed by atoms with E-state index in [9.17, 15) is 0 Å². The van der Waals surface area contributed by atoms with E-state index in [-0.39, 0.29) is 0 Å². The molecule has 0 amide bonds. The quantitative estimate of drug-likeness (QED) is 0.788. The van der Waals surface area contributed by atoms with Gasteiger partial charge < -0.3 is 15.0 Å². The van der Waals surface area contributed by atoms with Crippen LogP contribution in [0.15, 0.2) is 48.5 Å². The van der Waals surface area contributed by atoms with E-state index in [1.165, 1.54) is 22.5 Å². The highest BCUT2D eigenvalue weighted by molar-refractivity contribution is 5.63. The number of nitrogens with one attached hydrogen (secondary N) is 1. The number of nitrogens with zero attached hydrogens (tertiary/aromatic N) is 1. The second kappa shape index (κ2) is 7.81. The summed E-state index contributed by atoms with van der Waals surface area (Å²) >= 11 is 0. The lowest BCUT2D eigenvalue weighted by Crippen LogP contribution is -2.18. The van der Waals surface area contributed by atoms with Crippen molar-refractivity contribution in [3.63, 3.8) is 0 Å². The Morgan fingerprint density at radius 3 is 2.48 bits per heavy atom. The van der Waals surface area contributed by atoms with Crippen LogP contribution in [0.25, 0.3) is 0 Å². The Morgan fingerprint density at radius 1 is 1.05 bits per heavy atom. The van der Waals surface area contributed by atoms with Crippen LogP contribution >= 0.6 is 0 Å². The Bertz CT molecular complexity index is 551. The Hall–Kier alpha value is -1.84. The molecular weight excluding hydrogens is 260 g/mol. The lowest BCUT2D eigenvalue weighted by Gasteiger charge is -2.20. The SMILES string of the molecule is COCCNCc1ccc(N(C)c2cccc(C)c2)cc1. The third-order valence-electron chi connectivity index (χ3n) is 3.52. The molecule has 0 saturated heterocycles. The molecule has 0 aliphatic heterocycles. The molecule has 2 aromatic rings. The highest BCUT2D eigenvalue weighted by Gasteiger charge is 2.04. The van der Waals surface area contributed by atoms with Crippen molar-refractivity contribution < 1.29 is 4.74 Å². The number of methoxy groups -OCH3 is 1. The van der Waals surface area contributed by atoms with Crippen LogP contribution in [0.1, 0.15) is 11.1 Å². The summed E-state index contributed by atoms with van der Waals surface area (Å²) in [6, 6.07) is 17.2. The molecule has 0 atom stereocenters. The highest BCUT2D eigenvalue weighted by Crippen LogP contribution is 2.24. The van der Waals surface area contributed by atoms with Gasteiger partial charge in [-0.05, 0) is 42.3 Å². The second-order valence-corrected chi connectivity index (χ2v) is 5.23. The summed E-state index contributed by atoms with van der Waals surface area (Å²) in [6.07, 6.45) is 0. The number of ether oxygens (including phenoxy) is 1. The van der Waals surface area contributed by atoms with Gasteiger partial charge in [0.15, 0.2) is 0 Å². The number of hydrogen-bond acceptors (Lipinski definition) is 3. The molecule has 3 nitrogen and oxygen atoms in total. The van der Waals surface area contributed by atoms with Gasteiger partial charge in [0.1, 0.15) is 0 Å². The molecule has 0 fully saturated rings. The fraction of sp³-hybridized carbons (Fsp3) is 0.333. The van der Waals surface area contributed by atoms with Crippen LogP contribution in [0.4, 0.5) is 11.4 Å². The average molecular weight is 284 g/mol. The first-order valence-corrected chi connectivity index (χ1v) is 7.29. The van der Waals surface area contributed by atoms with Crippen molar-refractivity contribution in [3.05, 3.63) is 59.7 Å². The number of rotatable bonds is 7. The number of aryl methyl sites for hydroxylation is 1. The van der Waals surface area contributed by atoms with Gasteiger partial charge in [0, 0.05) is 38.6 Å². The van der Waals surface area contributed by atoms with E-state index in [2.05, 4.69) is 72.7 Å². The van der Waals surface area contributed by atoms with Gasteiger partial charge in [0.25, 0.3) is 0 Å². The largest absolute Gasteiger partial charge is 0.383 e. The Kier molecular flexibility index (Phi) is 5.78. The fourth-order valence-corrected chi connectivity index (χ4v) is 2.23. The zero-order valence-electron chi connectivity index (χ0n) is 13.1. The summed E-state index contributed by atoms with van der Waals surface area (Å²) < 4.78 is 5.02. The van der Waals surface area contributed by atoms with Gasteiger partial charge in [-0.3, -0.25) is 0 Å². The lowest BCUT2D eigenvalue weighted by atomic mass is 10.1. The van der Waals surface area contributed by atoms with Crippen molar-refractivity contribution in [2.45, 2.75) is 13.5 Å². The smallest absolute Gasteiger partial charge is 0.0587 e. The normalized spacial score (nSPS) is 10.6. The molecule has 3 heteroatoms. The molecule has 0 aliphatic carbocycles. The molecule has 2 aromatic carbocycles. The van der Waals surface area contributed by atoms with E-state index in [0.717, 1.165) is 19.7 Å². The van der Waals surface area contributed by atoms with Gasteiger partial charge in [-0.1, -0.05) is 24.3 Å². The summed E-state index contributed by atoms with van der Waals surface area (Å²) in [5, 5.41) is 3.35. The third-order valence-corrected chi connectivity index (χ3v) is 3.52. The van der Waals surface area contributed by atoms with Crippen LogP contribution in [0.2, 0.25) is 0 Å². The lowest BCUT2D eigenvalue weighted by molar-refractivity contribution is 0.199. The van der Waals surface area contributed by atoms with E-state index in [1.54, 1.807) is 7.11 Å². The molecular formula is C18H24N2O. The minimum Gasteiger partial charge on any atom is -0.383 e. The monoisotopic (exact) mass is 284 g/mol. The molecule has 0 aromatic heterocycles. The maximum absolute atomic E-state index is 5.02. The summed E-state index contributed by atoms with van der Waals surface area (Å²) in [5.41, 5.74) is 4.97. The van der Waals surface area contributed by atoms with Crippen molar-refractivity contribution in [3.8, 4) is 0 Å². The summed E-state index contributed by atoms with van der Waals surface area (Å²) in [5.74, 6) is 0. The van der Waals surface area contributed by atoms with Crippen molar-refractivity contribution in [2.75, 3.05) is 32.2 Å². The van der Waals surface area contributed by atoms with Gasteiger partial charge in [-0.15, -0.1) is 0 Å². The van der Waals surface area contributed by atoms with Gasteiger partial charge in [0.2, 0.25) is 0 Å². The van der Waals surface area contributed by atoms with Gasteiger partial charge in [-0.25, -0.2) is 0 Å². The van der Waals surface area contributed by atoms with Crippen LogP contribution in [0.5, 0.6) is 0 Å². The molecule has 0 heterocycles. The minimum absolute atomic E-state index is 0.744. The molecule has 0 radical (unpaired) electrons. The maximum atomic E-state index is 5.02. The molecule has 0 spiro atoms. The standard InChI is InChI=1S/C18H24N2O/c1-15-5-4-6-18(13-15)20(2)17-9-7-16(8-10-17)14-19-11-12-21-3/h4-10,13,19H,11-12,14H2,1-3H3. The van der Waals surface area contributed by atoms with E-state index in [4.69, 9.17) is 4.74 Å². The minimum atomic E-state index is 0.744. The maximum Gasteiger partial charge on any atom is 0.0587 e. The predicted molar refractivity (Wildman–Crippen MR) is 89.3 cm³/mol. The van der Waals surface area contributed by atoms with Crippen molar-refractivity contribution in [1.82, 2.24) is 5.32 Å². The van der Waals surface area contributed by atoms with Gasteiger partial charge >= 0.3 is 0 Å². The van der Waals surface area contributed by atoms with E-state index in [1.807, 2.05) is 0 Å². The summed E-state index contributed by atoms with van der Waals surface area (Å²) in [7, 11) is 3.82. The average Bonchev–Trinajstić information content (AvgIpc) is 2.51. The molecule has 0 bridgehead atoms. The van der Waals surface area contributed by atoms with Crippen LogP contribution in [-0.2, 0) is 11.3 Å². The summed E-state index contributed by atoms with van der Waals surface area (Å²) in [4.78, 5) is 2.20. The third kappa shape index (κ3) is 4.59. The first-order valence-electron chi connectivity index (χ1n) is 7.29. The Labute approximate surface area is 127 Å². The zero-order valence-corrected chi connectivity index (χ0v) is 13.1. The van der Waals surface area contributed by atoms with Crippen LogP contribution in [0.3, 0.4) is 0 Å². The van der Waals surface area contributed by atoms with Gasteiger partial charge in [0.05, 0.1) is 6.61 Å². The Morgan fingerprint density at radius 2 is 1.81 bits per heavy atom. The van der Waals surface area contributed by atoms with E-state index >= 15 is 0 Å². The fourth-order valence-electron chi connectivity index (χ4n) is 2.23. The molecule has 21 heavy (non-hydrogen) atoms. The molecule has 0 unspecified atom stereocenters. The molecule has 112 valence electrons. The number of benzene rings is 2. The molecule has 0 aliphatic rings. The molecule has 0 saturated carbocycles. The first-order chi connectivity index (χ1) is 10.2. The molecule has 1 N–H and O–H groups in total. The number of anilines is 2.